The number of nitrogens with zero attached hydrogens (tertiary/aromatic N) is 1. The average molecular weight is 467 g/mol. The van der Waals surface area contributed by atoms with Gasteiger partial charge < -0.3 is 4.90 Å². The van der Waals surface area contributed by atoms with E-state index in [0.717, 1.165) is 23.1 Å². The van der Waals surface area contributed by atoms with Gasteiger partial charge in [-0.3, -0.25) is 4.79 Å². The number of sulfonamides is 1. The third-order valence-corrected chi connectivity index (χ3v) is 6.68. The van der Waals surface area contributed by atoms with Gasteiger partial charge in [0.2, 0.25) is 10.0 Å². The number of primary sulfonamides is 1. The summed E-state index contributed by atoms with van der Waals surface area (Å²) in [5, 5.41) is 5.83. The fourth-order valence-corrected chi connectivity index (χ4v) is 4.88. The number of hydrogen-bond donors (Lipinski definition) is 1. The molecule has 164 valence electrons. The lowest BCUT2D eigenvalue weighted by molar-refractivity contribution is -0.125. The van der Waals surface area contributed by atoms with Crippen LogP contribution in [0, 0.1) is 0 Å². The average Bonchev–Trinajstić information content (AvgIpc) is 3.06. The van der Waals surface area contributed by atoms with Crippen molar-refractivity contribution in [3.8, 4) is 0 Å². The van der Waals surface area contributed by atoms with Crippen LogP contribution in [0.5, 0.6) is 0 Å². The van der Waals surface area contributed by atoms with E-state index in [-0.39, 0.29) is 16.8 Å². The van der Waals surface area contributed by atoms with Crippen molar-refractivity contribution < 1.29 is 13.2 Å². The van der Waals surface area contributed by atoms with Crippen LogP contribution in [-0.2, 0) is 14.8 Å². The van der Waals surface area contributed by atoms with Gasteiger partial charge in [0, 0.05) is 11.6 Å². The SMILES string of the molecule is CCCN1C(=O)C(c2ccc(S(N)(=O)=O)cc2)=C(c2cccc(Cl)c2)C1c1ccccc1. The Balaban J connectivity index is 1.98. The zero-order chi connectivity index (χ0) is 22.9. The number of carbonyl (C=O) groups is 1. The van der Waals surface area contributed by atoms with E-state index in [1.165, 1.54) is 12.1 Å². The molecule has 7 heteroatoms. The number of rotatable bonds is 6. The van der Waals surface area contributed by atoms with E-state index in [4.69, 9.17) is 16.7 Å². The zero-order valence-corrected chi connectivity index (χ0v) is 19.1. The highest BCUT2D eigenvalue weighted by molar-refractivity contribution is 7.89. The van der Waals surface area contributed by atoms with Crippen molar-refractivity contribution in [2.24, 2.45) is 5.14 Å². The van der Waals surface area contributed by atoms with E-state index >= 15 is 0 Å². The summed E-state index contributed by atoms with van der Waals surface area (Å²) >= 11 is 6.31. The molecule has 1 amide bonds. The molecule has 0 radical (unpaired) electrons. The summed E-state index contributed by atoms with van der Waals surface area (Å²) in [7, 11) is -3.83. The van der Waals surface area contributed by atoms with E-state index in [9.17, 15) is 13.2 Å². The quantitative estimate of drug-likeness (QED) is 0.561. The summed E-state index contributed by atoms with van der Waals surface area (Å²) in [6.07, 6.45) is 0.801. The second kappa shape index (κ2) is 8.90. The van der Waals surface area contributed by atoms with E-state index in [1.54, 1.807) is 18.2 Å². The standard InChI is InChI=1S/C25H23ClN2O3S/c1-2-15-28-24(18-7-4-3-5-8-18)22(19-9-6-10-20(26)16-19)23(25(28)29)17-11-13-21(14-12-17)32(27,30)31/h3-14,16,24H,2,15H2,1H3,(H2,27,30,31). The van der Waals surface area contributed by atoms with Gasteiger partial charge in [0.15, 0.2) is 0 Å². The van der Waals surface area contributed by atoms with Crippen molar-refractivity contribution in [2.45, 2.75) is 24.3 Å². The van der Waals surface area contributed by atoms with E-state index in [1.807, 2.05) is 60.4 Å². The molecule has 1 unspecified atom stereocenters. The highest BCUT2D eigenvalue weighted by Gasteiger charge is 2.40. The lowest BCUT2D eigenvalue weighted by atomic mass is 9.89. The van der Waals surface area contributed by atoms with Gasteiger partial charge in [-0.25, -0.2) is 13.6 Å². The van der Waals surface area contributed by atoms with E-state index in [0.29, 0.717) is 22.7 Å². The van der Waals surface area contributed by atoms with Gasteiger partial charge in [-0.05, 0) is 52.9 Å². The van der Waals surface area contributed by atoms with Crippen molar-refractivity contribution in [3.63, 3.8) is 0 Å². The number of benzene rings is 3. The second-order valence-corrected chi connectivity index (χ2v) is 9.68. The highest BCUT2D eigenvalue weighted by Crippen LogP contribution is 2.47. The van der Waals surface area contributed by atoms with Crippen molar-refractivity contribution in [2.75, 3.05) is 6.54 Å². The first kappa shape index (κ1) is 22.3. The Kier molecular flexibility index (Phi) is 6.20. The Morgan fingerprint density at radius 1 is 0.938 bits per heavy atom. The van der Waals surface area contributed by atoms with Crippen molar-refractivity contribution >= 4 is 38.7 Å². The molecule has 4 rings (SSSR count). The Bertz CT molecular complexity index is 1290. The van der Waals surface area contributed by atoms with E-state index in [2.05, 4.69) is 0 Å². The number of hydrogen-bond acceptors (Lipinski definition) is 3. The molecular weight excluding hydrogens is 444 g/mol. The fourth-order valence-electron chi connectivity index (χ4n) is 4.17. The Hall–Kier alpha value is -2.93. The third kappa shape index (κ3) is 4.21. The molecule has 0 spiro atoms. The first-order valence-corrected chi connectivity index (χ1v) is 12.2. The molecule has 0 aliphatic carbocycles. The minimum Gasteiger partial charge on any atom is -0.327 e. The van der Waals surface area contributed by atoms with Gasteiger partial charge in [0.1, 0.15) is 0 Å². The predicted octanol–water partition coefficient (Wildman–Crippen LogP) is 4.89. The van der Waals surface area contributed by atoms with Gasteiger partial charge in [-0.2, -0.15) is 0 Å². The van der Waals surface area contributed by atoms with Crippen LogP contribution in [-0.4, -0.2) is 25.8 Å². The lowest BCUT2D eigenvalue weighted by Gasteiger charge is -2.27. The fraction of sp³-hybridized carbons (Fsp3) is 0.160. The van der Waals surface area contributed by atoms with Crippen LogP contribution in [0.25, 0.3) is 11.1 Å². The zero-order valence-electron chi connectivity index (χ0n) is 17.5. The maximum absolute atomic E-state index is 13.7. The van der Waals surface area contributed by atoms with Gasteiger partial charge in [-0.1, -0.05) is 73.1 Å². The van der Waals surface area contributed by atoms with Crippen molar-refractivity contribution in [1.82, 2.24) is 4.90 Å². The van der Waals surface area contributed by atoms with Crippen LogP contribution < -0.4 is 5.14 Å². The summed E-state index contributed by atoms with van der Waals surface area (Å²) in [6, 6.07) is 23.2. The van der Waals surface area contributed by atoms with Crippen LogP contribution >= 0.6 is 11.6 Å². The van der Waals surface area contributed by atoms with Crippen LogP contribution in [0.15, 0.2) is 83.8 Å². The Morgan fingerprint density at radius 3 is 2.22 bits per heavy atom. The van der Waals surface area contributed by atoms with Gasteiger partial charge >= 0.3 is 0 Å². The predicted molar refractivity (Wildman–Crippen MR) is 127 cm³/mol. The molecule has 1 aliphatic rings. The first-order valence-electron chi connectivity index (χ1n) is 10.3. The third-order valence-electron chi connectivity index (χ3n) is 5.52. The second-order valence-electron chi connectivity index (χ2n) is 7.68. The molecule has 0 fully saturated rings. The van der Waals surface area contributed by atoms with Gasteiger partial charge in [0.05, 0.1) is 16.5 Å². The molecule has 1 heterocycles. The minimum absolute atomic E-state index is 0.00150. The molecule has 5 nitrogen and oxygen atoms in total. The molecule has 3 aromatic rings. The molecule has 0 saturated carbocycles. The summed E-state index contributed by atoms with van der Waals surface area (Å²) in [4.78, 5) is 15.6. The lowest BCUT2D eigenvalue weighted by Crippen LogP contribution is -2.30. The summed E-state index contributed by atoms with van der Waals surface area (Å²) < 4.78 is 23.4. The van der Waals surface area contributed by atoms with Crippen LogP contribution in [0.1, 0.15) is 36.1 Å². The maximum Gasteiger partial charge on any atom is 0.255 e. The highest BCUT2D eigenvalue weighted by atomic mass is 35.5. The number of nitrogens with two attached hydrogens (primary N) is 1. The first-order chi connectivity index (χ1) is 15.3. The summed E-state index contributed by atoms with van der Waals surface area (Å²) in [5.74, 6) is -0.0981. The number of amides is 1. The van der Waals surface area contributed by atoms with Crippen molar-refractivity contribution in [1.29, 1.82) is 0 Å². The molecule has 1 atom stereocenters. The summed E-state index contributed by atoms with van der Waals surface area (Å²) in [6.45, 7) is 2.62. The monoisotopic (exact) mass is 466 g/mol. The smallest absolute Gasteiger partial charge is 0.255 e. The molecule has 0 saturated heterocycles. The summed E-state index contributed by atoms with van der Waals surface area (Å²) in [5.41, 5.74) is 3.87. The van der Waals surface area contributed by atoms with Gasteiger partial charge in [0.25, 0.3) is 5.91 Å². The Labute approximate surface area is 193 Å². The van der Waals surface area contributed by atoms with Crippen LogP contribution in [0.2, 0.25) is 5.02 Å². The molecule has 3 aromatic carbocycles. The number of halogens is 1. The van der Waals surface area contributed by atoms with Crippen molar-refractivity contribution in [3.05, 3.63) is 101 Å². The normalized spacial score (nSPS) is 16.7. The molecule has 32 heavy (non-hydrogen) atoms. The number of carbonyl (C=O) groups excluding carboxylic acids is 1. The van der Waals surface area contributed by atoms with Crippen LogP contribution in [0.3, 0.4) is 0 Å². The van der Waals surface area contributed by atoms with Crippen LogP contribution in [0.4, 0.5) is 0 Å². The molecule has 1 aliphatic heterocycles. The largest absolute Gasteiger partial charge is 0.327 e. The maximum atomic E-state index is 13.7. The Morgan fingerprint density at radius 2 is 1.62 bits per heavy atom. The minimum atomic E-state index is -3.83. The topological polar surface area (TPSA) is 80.5 Å². The molecule has 0 aromatic heterocycles. The molecule has 2 N–H and O–H groups in total. The van der Waals surface area contributed by atoms with Gasteiger partial charge in [-0.15, -0.1) is 0 Å². The molecular formula is C25H23ClN2O3S. The molecule has 0 bridgehead atoms. The van der Waals surface area contributed by atoms with E-state index < -0.39 is 10.0 Å².